The van der Waals surface area contributed by atoms with Gasteiger partial charge in [0, 0.05) is 19.1 Å². The molecule has 1 fully saturated rings. The number of hydrogen-bond acceptors (Lipinski definition) is 4. The second-order valence-corrected chi connectivity index (χ2v) is 7.91. The van der Waals surface area contributed by atoms with Crippen molar-refractivity contribution >= 4 is 23.2 Å². The Hall–Kier alpha value is -3.75. The van der Waals surface area contributed by atoms with Gasteiger partial charge in [0.05, 0.1) is 24.2 Å². The first kappa shape index (κ1) is 21.5. The molecule has 0 bridgehead atoms. The first-order valence-corrected chi connectivity index (χ1v) is 10.6. The minimum Gasteiger partial charge on any atom is -0.497 e. The normalized spacial score (nSPS) is 15.3. The predicted octanol–water partition coefficient (Wildman–Crippen LogP) is 3.30. The van der Waals surface area contributed by atoms with Crippen LogP contribution in [0.15, 0.2) is 48.5 Å². The van der Waals surface area contributed by atoms with Crippen molar-refractivity contribution in [2.24, 2.45) is 0 Å². The number of carboxylic acid groups (broad SMARTS) is 1. The fourth-order valence-electron chi connectivity index (χ4n) is 3.95. The minimum absolute atomic E-state index is 0.0668. The Labute approximate surface area is 185 Å². The highest BCUT2D eigenvalue weighted by Crippen LogP contribution is 2.21. The second-order valence-electron chi connectivity index (χ2n) is 7.91. The van der Waals surface area contributed by atoms with Gasteiger partial charge < -0.3 is 30.4 Å². The summed E-state index contributed by atoms with van der Waals surface area (Å²) >= 11 is 0. The average molecular weight is 438 g/mol. The fraction of sp³-hybridized carbons (Fsp3) is 0.348. The lowest BCUT2D eigenvalue weighted by Crippen LogP contribution is -2.49. The zero-order chi connectivity index (χ0) is 22.5. The standard InChI is InChI=1S/C23H27N5O4/c1-32-17-8-6-15(7-9-17)14-20(21-25-18-4-2-3-5-19(18)26-21)27-22(29)24-16-10-12-28(13-11-16)23(30)31/h2-9,16,20H,10-14H2,1H3,(H,25,26)(H,30,31)(H2,24,27,29). The highest BCUT2D eigenvalue weighted by Gasteiger charge is 2.25. The van der Waals surface area contributed by atoms with Gasteiger partial charge in [-0.1, -0.05) is 24.3 Å². The van der Waals surface area contributed by atoms with Gasteiger partial charge in [-0.05, 0) is 49.1 Å². The number of piperidine rings is 1. The summed E-state index contributed by atoms with van der Waals surface area (Å²) < 4.78 is 5.23. The number of ether oxygens (including phenoxy) is 1. The topological polar surface area (TPSA) is 120 Å². The number of aromatic amines is 1. The number of H-pyrrole nitrogens is 1. The number of nitrogens with one attached hydrogen (secondary N) is 3. The maximum Gasteiger partial charge on any atom is 0.407 e. The molecular weight excluding hydrogens is 410 g/mol. The van der Waals surface area contributed by atoms with Crippen molar-refractivity contribution in [2.45, 2.75) is 31.3 Å². The molecule has 168 valence electrons. The molecule has 2 heterocycles. The maximum absolute atomic E-state index is 12.8. The van der Waals surface area contributed by atoms with Gasteiger partial charge in [0.25, 0.3) is 0 Å². The number of urea groups is 1. The molecule has 3 amide bonds. The first-order valence-electron chi connectivity index (χ1n) is 10.6. The molecule has 1 aromatic heterocycles. The number of hydrogen-bond donors (Lipinski definition) is 4. The van der Waals surface area contributed by atoms with Gasteiger partial charge in [-0.15, -0.1) is 0 Å². The first-order chi connectivity index (χ1) is 15.5. The van der Waals surface area contributed by atoms with Crippen LogP contribution >= 0.6 is 0 Å². The Balaban J connectivity index is 1.47. The molecule has 1 saturated heterocycles. The monoisotopic (exact) mass is 437 g/mol. The van der Waals surface area contributed by atoms with Crippen molar-refractivity contribution in [1.82, 2.24) is 25.5 Å². The van der Waals surface area contributed by atoms with E-state index in [1.54, 1.807) is 7.11 Å². The highest BCUT2D eigenvalue weighted by molar-refractivity contribution is 5.76. The van der Waals surface area contributed by atoms with Crippen molar-refractivity contribution < 1.29 is 19.4 Å². The van der Waals surface area contributed by atoms with Gasteiger partial charge in [0.2, 0.25) is 0 Å². The number of amides is 3. The summed E-state index contributed by atoms with van der Waals surface area (Å²) in [5.41, 5.74) is 2.78. The van der Waals surface area contributed by atoms with Crippen LogP contribution < -0.4 is 15.4 Å². The summed E-state index contributed by atoms with van der Waals surface area (Å²) in [5, 5.41) is 15.1. The molecular formula is C23H27N5O4. The highest BCUT2D eigenvalue weighted by atomic mass is 16.5. The Bertz CT molecular complexity index is 1040. The third kappa shape index (κ3) is 5.11. The van der Waals surface area contributed by atoms with E-state index in [1.807, 2.05) is 48.5 Å². The van der Waals surface area contributed by atoms with Crippen LogP contribution in [0.1, 0.15) is 30.3 Å². The number of likely N-dealkylation sites (tertiary alicyclic amines) is 1. The van der Waals surface area contributed by atoms with E-state index < -0.39 is 6.09 Å². The van der Waals surface area contributed by atoms with E-state index in [1.165, 1.54) is 4.90 Å². The van der Waals surface area contributed by atoms with E-state index in [9.17, 15) is 9.59 Å². The summed E-state index contributed by atoms with van der Waals surface area (Å²) in [4.78, 5) is 33.2. The molecule has 1 atom stereocenters. The number of aromatic nitrogens is 2. The number of imidazole rings is 1. The van der Waals surface area contributed by atoms with Gasteiger partial charge in [0.15, 0.2) is 0 Å². The summed E-state index contributed by atoms with van der Waals surface area (Å²) in [5.74, 6) is 1.45. The molecule has 4 rings (SSSR count). The maximum atomic E-state index is 12.8. The molecule has 3 aromatic rings. The van der Waals surface area contributed by atoms with E-state index in [4.69, 9.17) is 9.84 Å². The number of rotatable bonds is 6. The molecule has 9 nitrogen and oxygen atoms in total. The largest absolute Gasteiger partial charge is 0.497 e. The number of benzene rings is 2. The predicted molar refractivity (Wildman–Crippen MR) is 120 cm³/mol. The van der Waals surface area contributed by atoms with Crippen LogP contribution in [-0.4, -0.2) is 58.3 Å². The molecule has 1 aliphatic heterocycles. The zero-order valence-electron chi connectivity index (χ0n) is 17.9. The van der Waals surface area contributed by atoms with Crippen molar-refractivity contribution in [2.75, 3.05) is 20.2 Å². The van der Waals surface area contributed by atoms with Gasteiger partial charge in [-0.3, -0.25) is 0 Å². The van der Waals surface area contributed by atoms with Crippen molar-refractivity contribution in [3.8, 4) is 5.75 Å². The zero-order valence-corrected chi connectivity index (χ0v) is 17.9. The summed E-state index contributed by atoms with van der Waals surface area (Å²) in [6.07, 6.45) is 0.813. The van der Waals surface area contributed by atoms with Crippen LogP contribution in [0, 0.1) is 0 Å². The SMILES string of the molecule is COc1ccc(CC(NC(=O)NC2CCN(C(=O)O)CC2)c2nc3ccccc3[nH]2)cc1. The summed E-state index contributed by atoms with van der Waals surface area (Å²) in [6.45, 7) is 0.832. The number of methoxy groups -OCH3 is 1. The van der Waals surface area contributed by atoms with E-state index in [0.717, 1.165) is 22.3 Å². The number of carbonyl (C=O) groups is 2. The Morgan fingerprint density at radius 2 is 1.91 bits per heavy atom. The lowest BCUT2D eigenvalue weighted by Gasteiger charge is -2.30. The van der Waals surface area contributed by atoms with E-state index in [0.29, 0.717) is 38.2 Å². The van der Waals surface area contributed by atoms with Crippen LogP contribution in [0.5, 0.6) is 5.75 Å². The van der Waals surface area contributed by atoms with Gasteiger partial charge in [-0.2, -0.15) is 0 Å². The van der Waals surface area contributed by atoms with Gasteiger partial charge in [-0.25, -0.2) is 14.6 Å². The van der Waals surface area contributed by atoms with Crippen molar-refractivity contribution in [3.05, 3.63) is 59.9 Å². The van der Waals surface area contributed by atoms with Crippen LogP contribution in [-0.2, 0) is 6.42 Å². The van der Waals surface area contributed by atoms with Crippen LogP contribution in [0.25, 0.3) is 11.0 Å². The summed E-state index contributed by atoms with van der Waals surface area (Å²) in [6, 6.07) is 14.7. The third-order valence-electron chi connectivity index (χ3n) is 5.74. The lowest BCUT2D eigenvalue weighted by atomic mass is 10.0. The molecule has 4 N–H and O–H groups in total. The molecule has 0 aliphatic carbocycles. The molecule has 0 saturated carbocycles. The Kier molecular flexibility index (Phi) is 6.44. The molecule has 0 radical (unpaired) electrons. The van der Waals surface area contributed by atoms with Crippen LogP contribution in [0.4, 0.5) is 9.59 Å². The van der Waals surface area contributed by atoms with Crippen LogP contribution in [0.3, 0.4) is 0 Å². The number of para-hydroxylation sites is 2. The number of carbonyl (C=O) groups excluding carboxylic acids is 1. The van der Waals surface area contributed by atoms with Crippen molar-refractivity contribution in [1.29, 1.82) is 0 Å². The molecule has 1 aliphatic rings. The lowest BCUT2D eigenvalue weighted by molar-refractivity contribution is 0.129. The van der Waals surface area contributed by atoms with Crippen molar-refractivity contribution in [3.63, 3.8) is 0 Å². The fourth-order valence-corrected chi connectivity index (χ4v) is 3.95. The number of nitrogens with zero attached hydrogens (tertiary/aromatic N) is 2. The number of fused-ring (bicyclic) bond motifs is 1. The van der Waals surface area contributed by atoms with E-state index >= 15 is 0 Å². The third-order valence-corrected chi connectivity index (χ3v) is 5.74. The van der Waals surface area contributed by atoms with Gasteiger partial charge in [0.1, 0.15) is 11.6 Å². The molecule has 32 heavy (non-hydrogen) atoms. The summed E-state index contributed by atoms with van der Waals surface area (Å²) in [7, 11) is 1.62. The second kappa shape index (κ2) is 9.59. The molecule has 9 heteroatoms. The smallest absolute Gasteiger partial charge is 0.407 e. The van der Waals surface area contributed by atoms with E-state index in [-0.39, 0.29) is 18.1 Å². The Morgan fingerprint density at radius 3 is 2.56 bits per heavy atom. The molecule has 2 aromatic carbocycles. The van der Waals surface area contributed by atoms with E-state index in [2.05, 4.69) is 20.6 Å². The molecule has 1 unspecified atom stereocenters. The minimum atomic E-state index is -0.919. The quantitative estimate of drug-likeness (QED) is 0.472. The Morgan fingerprint density at radius 1 is 1.19 bits per heavy atom. The molecule has 0 spiro atoms. The average Bonchev–Trinajstić information content (AvgIpc) is 3.24. The van der Waals surface area contributed by atoms with Gasteiger partial charge >= 0.3 is 12.1 Å². The van der Waals surface area contributed by atoms with Crippen LogP contribution in [0.2, 0.25) is 0 Å².